The molecule has 1 aromatic heterocycles. The first kappa shape index (κ1) is 20.1. The molecular weight excluding hydrogens is 405 g/mol. The van der Waals surface area contributed by atoms with Gasteiger partial charge in [-0.05, 0) is 50.2 Å². The van der Waals surface area contributed by atoms with Gasteiger partial charge >= 0.3 is 0 Å². The lowest BCUT2D eigenvalue weighted by Crippen LogP contribution is -2.42. The number of sulfonamides is 1. The van der Waals surface area contributed by atoms with Crippen LogP contribution in [0.25, 0.3) is 0 Å². The Morgan fingerprint density at radius 1 is 1.03 bits per heavy atom. The number of para-hydroxylation sites is 2. The molecule has 1 N–H and O–H groups in total. The second-order valence-corrected chi connectivity index (χ2v) is 8.76. The molecular formula is C21H22FN5O2S. The lowest BCUT2D eigenvalue weighted by Gasteiger charge is -2.37. The van der Waals surface area contributed by atoms with Crippen molar-refractivity contribution in [2.45, 2.75) is 18.7 Å². The van der Waals surface area contributed by atoms with Gasteiger partial charge in [-0.3, -0.25) is 4.31 Å². The number of nitrogens with one attached hydrogen (secondary N) is 1. The first-order valence-electron chi connectivity index (χ1n) is 9.64. The van der Waals surface area contributed by atoms with E-state index in [9.17, 15) is 12.8 Å². The first-order chi connectivity index (χ1) is 14.4. The second kappa shape index (κ2) is 7.91. The first-order valence-corrected chi connectivity index (χ1v) is 11.1. The zero-order valence-electron chi connectivity index (χ0n) is 16.7. The van der Waals surface area contributed by atoms with Crippen LogP contribution < -0.4 is 14.5 Å². The van der Waals surface area contributed by atoms with Crippen molar-refractivity contribution in [1.82, 2.24) is 9.97 Å². The van der Waals surface area contributed by atoms with Crippen LogP contribution >= 0.6 is 0 Å². The molecule has 0 radical (unpaired) electrons. The molecule has 2 heterocycles. The Morgan fingerprint density at radius 3 is 2.43 bits per heavy atom. The van der Waals surface area contributed by atoms with Gasteiger partial charge in [0.2, 0.25) is 5.95 Å². The van der Waals surface area contributed by atoms with E-state index in [2.05, 4.69) is 15.3 Å². The highest BCUT2D eigenvalue weighted by Crippen LogP contribution is 2.39. The van der Waals surface area contributed by atoms with Gasteiger partial charge in [0.25, 0.3) is 10.0 Å². The quantitative estimate of drug-likeness (QED) is 0.669. The molecule has 0 unspecified atom stereocenters. The highest BCUT2D eigenvalue weighted by Gasteiger charge is 2.33. The fraction of sp³-hybridized carbons (Fsp3) is 0.238. The molecule has 9 heteroatoms. The Morgan fingerprint density at radius 2 is 1.73 bits per heavy atom. The third-order valence-electron chi connectivity index (χ3n) is 4.81. The maximum atomic E-state index is 13.3. The predicted octanol–water partition coefficient (Wildman–Crippen LogP) is 3.70. The molecule has 156 valence electrons. The van der Waals surface area contributed by atoms with E-state index in [0.717, 1.165) is 30.2 Å². The van der Waals surface area contributed by atoms with Gasteiger partial charge < -0.3 is 10.2 Å². The zero-order chi connectivity index (χ0) is 21.3. The largest absolute Gasteiger partial charge is 0.370 e. The molecule has 3 aromatic rings. The second-order valence-electron chi connectivity index (χ2n) is 6.90. The van der Waals surface area contributed by atoms with Crippen LogP contribution in [-0.2, 0) is 10.0 Å². The summed E-state index contributed by atoms with van der Waals surface area (Å²) >= 11 is 0. The number of aryl methyl sites for hydroxylation is 1. The van der Waals surface area contributed by atoms with Crippen LogP contribution in [-0.4, -0.2) is 38.0 Å². The molecule has 1 aliphatic rings. The third-order valence-corrected chi connectivity index (χ3v) is 6.64. The van der Waals surface area contributed by atoms with E-state index >= 15 is 0 Å². The van der Waals surface area contributed by atoms with Crippen molar-refractivity contribution in [2.75, 3.05) is 34.2 Å². The minimum absolute atomic E-state index is 0.0494. The molecule has 0 saturated carbocycles. The van der Waals surface area contributed by atoms with Crippen molar-refractivity contribution >= 4 is 33.2 Å². The van der Waals surface area contributed by atoms with E-state index in [-0.39, 0.29) is 11.4 Å². The van der Waals surface area contributed by atoms with Crippen molar-refractivity contribution in [3.63, 3.8) is 0 Å². The molecule has 0 atom stereocenters. The Labute approximate surface area is 175 Å². The number of hydrogen-bond donors (Lipinski definition) is 1. The molecule has 0 aliphatic carbocycles. The number of anilines is 4. The van der Waals surface area contributed by atoms with Crippen molar-refractivity contribution in [2.24, 2.45) is 0 Å². The molecule has 30 heavy (non-hydrogen) atoms. The molecule has 4 rings (SSSR count). The highest BCUT2D eigenvalue weighted by molar-refractivity contribution is 7.92. The molecule has 1 aliphatic heterocycles. The van der Waals surface area contributed by atoms with E-state index in [4.69, 9.17) is 0 Å². The minimum Gasteiger partial charge on any atom is -0.370 e. The molecule has 0 spiro atoms. The van der Waals surface area contributed by atoms with E-state index in [0.29, 0.717) is 23.9 Å². The van der Waals surface area contributed by atoms with Gasteiger partial charge in [0.05, 0.1) is 22.8 Å². The van der Waals surface area contributed by atoms with Crippen molar-refractivity contribution in [3.05, 3.63) is 66.1 Å². The molecule has 2 aromatic carbocycles. The van der Waals surface area contributed by atoms with Crippen molar-refractivity contribution in [1.29, 1.82) is 0 Å². The number of halogens is 1. The Balaban J connectivity index is 1.76. The summed E-state index contributed by atoms with van der Waals surface area (Å²) in [6.07, 6.45) is 0. The van der Waals surface area contributed by atoms with Gasteiger partial charge in [0, 0.05) is 24.8 Å². The molecule has 0 amide bonds. The summed E-state index contributed by atoms with van der Waals surface area (Å²) in [7, 11) is -3.84. The Hall–Kier alpha value is -3.20. The van der Waals surface area contributed by atoms with Crippen LogP contribution in [0.4, 0.5) is 27.5 Å². The lowest BCUT2D eigenvalue weighted by molar-refractivity contribution is 0.588. The number of aromatic nitrogens is 2. The highest BCUT2D eigenvalue weighted by atomic mass is 32.2. The van der Waals surface area contributed by atoms with Crippen LogP contribution in [0.2, 0.25) is 0 Å². The van der Waals surface area contributed by atoms with Gasteiger partial charge in [-0.25, -0.2) is 17.8 Å². The number of hydrogen-bond acceptors (Lipinski definition) is 6. The molecule has 0 fully saturated rings. The third kappa shape index (κ3) is 3.68. The maximum absolute atomic E-state index is 13.3. The van der Waals surface area contributed by atoms with E-state index in [1.807, 2.05) is 36.9 Å². The van der Waals surface area contributed by atoms with Gasteiger partial charge in [-0.15, -0.1) is 0 Å². The normalized spacial score (nSPS) is 13.8. The number of fused-ring (bicyclic) bond motifs is 1. The van der Waals surface area contributed by atoms with Crippen molar-refractivity contribution in [3.8, 4) is 0 Å². The van der Waals surface area contributed by atoms with Gasteiger partial charge in [0.15, 0.2) is 0 Å². The standard InChI is InChI=1S/C21H22FN5O2S/c1-3-23-20-14-15(2)24-21(25-20)26-12-13-27(19-7-5-4-6-18(19)26)30(28,29)17-10-8-16(22)9-11-17/h4-11,14H,3,12-13H2,1-2H3,(H,23,24,25). The van der Waals surface area contributed by atoms with E-state index in [1.165, 1.54) is 16.4 Å². The number of nitrogens with zero attached hydrogens (tertiary/aromatic N) is 4. The van der Waals surface area contributed by atoms with Gasteiger partial charge in [-0.1, -0.05) is 12.1 Å². The summed E-state index contributed by atoms with van der Waals surface area (Å²) in [5.74, 6) is 0.753. The minimum atomic E-state index is -3.84. The Bertz CT molecular complexity index is 1170. The lowest BCUT2D eigenvalue weighted by atomic mass is 10.2. The summed E-state index contributed by atoms with van der Waals surface area (Å²) in [6.45, 7) is 5.21. The number of rotatable bonds is 5. The fourth-order valence-electron chi connectivity index (χ4n) is 3.47. The summed E-state index contributed by atoms with van der Waals surface area (Å²) in [5, 5.41) is 3.20. The van der Waals surface area contributed by atoms with Crippen LogP contribution in [0.1, 0.15) is 12.6 Å². The number of benzene rings is 2. The summed E-state index contributed by atoms with van der Waals surface area (Å²) in [4.78, 5) is 11.1. The average molecular weight is 428 g/mol. The van der Waals surface area contributed by atoms with Crippen molar-refractivity contribution < 1.29 is 12.8 Å². The van der Waals surface area contributed by atoms with Crippen LogP contribution in [0.15, 0.2) is 59.5 Å². The monoisotopic (exact) mass is 427 g/mol. The van der Waals surface area contributed by atoms with Crippen LogP contribution in [0, 0.1) is 12.7 Å². The van der Waals surface area contributed by atoms with Gasteiger partial charge in [-0.2, -0.15) is 4.98 Å². The predicted molar refractivity (Wildman–Crippen MR) is 115 cm³/mol. The molecule has 7 nitrogen and oxygen atoms in total. The Kier molecular flexibility index (Phi) is 5.29. The summed E-state index contributed by atoms with van der Waals surface area (Å²) in [6, 6.07) is 14.0. The van der Waals surface area contributed by atoms with Gasteiger partial charge in [0.1, 0.15) is 11.6 Å². The van der Waals surface area contributed by atoms with E-state index in [1.54, 1.807) is 12.1 Å². The summed E-state index contributed by atoms with van der Waals surface area (Å²) in [5.41, 5.74) is 2.04. The van der Waals surface area contributed by atoms with Crippen LogP contribution in [0.5, 0.6) is 0 Å². The fourth-order valence-corrected chi connectivity index (χ4v) is 4.94. The molecule has 0 bridgehead atoms. The molecule has 0 saturated heterocycles. The maximum Gasteiger partial charge on any atom is 0.264 e. The summed E-state index contributed by atoms with van der Waals surface area (Å²) < 4.78 is 41.1. The SMILES string of the molecule is CCNc1cc(C)nc(N2CCN(S(=O)(=O)c3ccc(F)cc3)c3ccccc32)n1. The van der Waals surface area contributed by atoms with E-state index < -0.39 is 15.8 Å². The zero-order valence-corrected chi connectivity index (χ0v) is 17.5. The van der Waals surface area contributed by atoms with Crippen LogP contribution in [0.3, 0.4) is 0 Å². The smallest absolute Gasteiger partial charge is 0.264 e. The average Bonchev–Trinajstić information content (AvgIpc) is 2.73. The topological polar surface area (TPSA) is 78.4 Å².